The lowest BCUT2D eigenvalue weighted by atomic mass is 10.3. The Morgan fingerprint density at radius 2 is 2.00 bits per heavy atom. The SMILES string of the molecule is Cc1ccc(CNCCn2c(C(F)(F)F)cccc2=O)s1. The van der Waals surface area contributed by atoms with Gasteiger partial charge in [0.25, 0.3) is 5.56 Å². The van der Waals surface area contributed by atoms with Crippen LogP contribution in [0.5, 0.6) is 0 Å². The van der Waals surface area contributed by atoms with Gasteiger partial charge in [0.1, 0.15) is 5.69 Å². The molecule has 2 aromatic heterocycles. The van der Waals surface area contributed by atoms with Crippen LogP contribution >= 0.6 is 11.3 Å². The predicted octanol–water partition coefficient (Wildman–Crippen LogP) is 3.03. The van der Waals surface area contributed by atoms with Gasteiger partial charge in [-0.25, -0.2) is 0 Å². The van der Waals surface area contributed by atoms with Gasteiger partial charge in [-0.1, -0.05) is 6.07 Å². The normalized spacial score (nSPS) is 11.8. The molecular formula is C14H15F3N2OS. The first-order valence-corrected chi connectivity index (χ1v) is 7.22. The number of aromatic nitrogens is 1. The first-order valence-electron chi connectivity index (χ1n) is 6.41. The van der Waals surface area contributed by atoms with Crippen LogP contribution in [0.1, 0.15) is 15.4 Å². The van der Waals surface area contributed by atoms with Gasteiger partial charge in [0, 0.05) is 35.5 Å². The Balaban J connectivity index is 1.98. The van der Waals surface area contributed by atoms with Crippen molar-refractivity contribution in [2.75, 3.05) is 6.54 Å². The fraction of sp³-hybridized carbons (Fsp3) is 0.357. The maximum atomic E-state index is 12.8. The van der Waals surface area contributed by atoms with Gasteiger partial charge in [-0.3, -0.25) is 4.79 Å². The van der Waals surface area contributed by atoms with Gasteiger partial charge in [0.2, 0.25) is 0 Å². The molecule has 0 bridgehead atoms. The summed E-state index contributed by atoms with van der Waals surface area (Å²) in [6.07, 6.45) is -4.52. The van der Waals surface area contributed by atoms with Crippen LogP contribution in [0.15, 0.2) is 35.1 Å². The standard InChI is InChI=1S/C14H15F3N2OS/c1-10-5-6-11(21-10)9-18-7-8-19-12(14(15,16)17)3-2-4-13(19)20/h2-6,18H,7-9H2,1H3. The molecular weight excluding hydrogens is 301 g/mol. The molecule has 0 fully saturated rings. The Kier molecular flexibility index (Phi) is 4.84. The summed E-state index contributed by atoms with van der Waals surface area (Å²) >= 11 is 1.63. The number of nitrogens with one attached hydrogen (secondary N) is 1. The van der Waals surface area contributed by atoms with Crippen molar-refractivity contribution >= 4 is 11.3 Å². The lowest BCUT2D eigenvalue weighted by Crippen LogP contribution is -2.31. The zero-order valence-electron chi connectivity index (χ0n) is 11.4. The molecule has 0 aliphatic rings. The molecule has 0 saturated carbocycles. The highest BCUT2D eigenvalue weighted by Crippen LogP contribution is 2.27. The molecule has 0 aromatic carbocycles. The zero-order chi connectivity index (χ0) is 15.5. The Morgan fingerprint density at radius 3 is 2.62 bits per heavy atom. The minimum atomic E-state index is -4.52. The fourth-order valence-corrected chi connectivity index (χ4v) is 2.84. The molecule has 0 aliphatic heterocycles. The van der Waals surface area contributed by atoms with Crippen molar-refractivity contribution in [1.29, 1.82) is 0 Å². The van der Waals surface area contributed by atoms with Crippen LogP contribution in [0, 0.1) is 6.92 Å². The molecule has 0 aliphatic carbocycles. The highest BCUT2D eigenvalue weighted by molar-refractivity contribution is 7.11. The number of hydrogen-bond donors (Lipinski definition) is 1. The van der Waals surface area contributed by atoms with E-state index in [1.54, 1.807) is 11.3 Å². The van der Waals surface area contributed by atoms with E-state index >= 15 is 0 Å². The van der Waals surface area contributed by atoms with Crippen LogP contribution in [0.4, 0.5) is 13.2 Å². The average molecular weight is 316 g/mol. The Morgan fingerprint density at radius 1 is 1.24 bits per heavy atom. The van der Waals surface area contributed by atoms with Crippen LogP contribution in [0.25, 0.3) is 0 Å². The van der Waals surface area contributed by atoms with E-state index in [-0.39, 0.29) is 6.54 Å². The third-order valence-electron chi connectivity index (χ3n) is 2.95. The van der Waals surface area contributed by atoms with Gasteiger partial charge in [0.05, 0.1) is 0 Å². The summed E-state index contributed by atoms with van der Waals surface area (Å²) in [6, 6.07) is 7.15. The monoisotopic (exact) mass is 316 g/mol. The lowest BCUT2D eigenvalue weighted by Gasteiger charge is -2.15. The van der Waals surface area contributed by atoms with Crippen LogP contribution in [-0.4, -0.2) is 11.1 Å². The van der Waals surface area contributed by atoms with Gasteiger partial charge in [-0.2, -0.15) is 13.2 Å². The molecule has 0 atom stereocenters. The number of halogens is 3. The summed E-state index contributed by atoms with van der Waals surface area (Å²) < 4.78 is 39.2. The molecule has 2 heterocycles. The van der Waals surface area contributed by atoms with E-state index in [0.29, 0.717) is 13.1 Å². The van der Waals surface area contributed by atoms with Gasteiger partial charge < -0.3 is 9.88 Å². The van der Waals surface area contributed by atoms with Crippen LogP contribution in [0.3, 0.4) is 0 Å². The molecule has 21 heavy (non-hydrogen) atoms. The Labute approximate surface area is 124 Å². The lowest BCUT2D eigenvalue weighted by molar-refractivity contribution is -0.144. The van der Waals surface area contributed by atoms with Crippen molar-refractivity contribution < 1.29 is 13.2 Å². The minimum absolute atomic E-state index is 0.0150. The molecule has 2 rings (SSSR count). The summed E-state index contributed by atoms with van der Waals surface area (Å²) in [7, 11) is 0. The molecule has 0 saturated heterocycles. The zero-order valence-corrected chi connectivity index (χ0v) is 12.2. The van der Waals surface area contributed by atoms with Crippen molar-refractivity contribution in [2.45, 2.75) is 26.2 Å². The molecule has 114 valence electrons. The summed E-state index contributed by atoms with van der Waals surface area (Å²) in [5.41, 5.74) is -1.55. The van der Waals surface area contributed by atoms with Gasteiger partial charge in [0.15, 0.2) is 0 Å². The number of thiophene rings is 1. The van der Waals surface area contributed by atoms with Crippen molar-refractivity contribution in [3.05, 3.63) is 56.1 Å². The third-order valence-corrected chi connectivity index (χ3v) is 3.95. The average Bonchev–Trinajstić information content (AvgIpc) is 2.80. The molecule has 1 N–H and O–H groups in total. The van der Waals surface area contributed by atoms with Crippen LogP contribution in [-0.2, 0) is 19.3 Å². The van der Waals surface area contributed by atoms with Crippen molar-refractivity contribution in [3.63, 3.8) is 0 Å². The molecule has 3 nitrogen and oxygen atoms in total. The van der Waals surface area contributed by atoms with Crippen molar-refractivity contribution in [3.8, 4) is 0 Å². The van der Waals surface area contributed by atoms with E-state index in [1.807, 2.05) is 19.1 Å². The van der Waals surface area contributed by atoms with Crippen molar-refractivity contribution in [1.82, 2.24) is 9.88 Å². The summed E-state index contributed by atoms with van der Waals surface area (Å²) in [6.45, 7) is 2.86. The number of rotatable bonds is 5. The molecule has 0 unspecified atom stereocenters. The highest BCUT2D eigenvalue weighted by atomic mass is 32.1. The predicted molar refractivity (Wildman–Crippen MR) is 76.5 cm³/mol. The van der Waals surface area contributed by atoms with Crippen LogP contribution < -0.4 is 10.9 Å². The van der Waals surface area contributed by atoms with E-state index < -0.39 is 17.4 Å². The second-order valence-corrected chi connectivity index (χ2v) is 5.96. The van der Waals surface area contributed by atoms with Crippen molar-refractivity contribution in [2.24, 2.45) is 0 Å². The molecule has 0 spiro atoms. The maximum absolute atomic E-state index is 12.8. The van der Waals surface area contributed by atoms with E-state index in [0.717, 1.165) is 27.6 Å². The summed E-state index contributed by atoms with van der Waals surface area (Å²) in [5.74, 6) is 0. The van der Waals surface area contributed by atoms with E-state index in [1.165, 1.54) is 4.88 Å². The van der Waals surface area contributed by atoms with E-state index in [2.05, 4.69) is 5.32 Å². The maximum Gasteiger partial charge on any atom is 0.431 e. The van der Waals surface area contributed by atoms with Gasteiger partial charge in [-0.05, 0) is 25.1 Å². The molecule has 0 amide bonds. The Bertz CT molecular complexity index is 661. The second-order valence-electron chi connectivity index (χ2n) is 4.59. The van der Waals surface area contributed by atoms with E-state index in [4.69, 9.17) is 0 Å². The smallest absolute Gasteiger partial charge is 0.310 e. The number of aryl methyl sites for hydroxylation is 1. The molecule has 2 aromatic rings. The van der Waals surface area contributed by atoms with Gasteiger partial charge >= 0.3 is 6.18 Å². The number of hydrogen-bond acceptors (Lipinski definition) is 3. The third kappa shape index (κ3) is 4.18. The number of alkyl halides is 3. The summed E-state index contributed by atoms with van der Waals surface area (Å²) in [4.78, 5) is 13.9. The van der Waals surface area contributed by atoms with Crippen LogP contribution in [0.2, 0.25) is 0 Å². The second kappa shape index (κ2) is 6.44. The summed E-state index contributed by atoms with van der Waals surface area (Å²) in [5, 5.41) is 3.05. The number of pyridine rings is 1. The first kappa shape index (κ1) is 15.8. The quantitative estimate of drug-likeness (QED) is 0.860. The first-order chi connectivity index (χ1) is 9.88. The topological polar surface area (TPSA) is 34.0 Å². The molecule has 0 radical (unpaired) electrons. The van der Waals surface area contributed by atoms with Gasteiger partial charge in [-0.15, -0.1) is 11.3 Å². The largest absolute Gasteiger partial charge is 0.431 e. The highest BCUT2D eigenvalue weighted by Gasteiger charge is 2.33. The number of nitrogens with zero attached hydrogens (tertiary/aromatic N) is 1. The minimum Gasteiger partial charge on any atom is -0.310 e. The fourth-order valence-electron chi connectivity index (χ4n) is 1.98. The Hall–Kier alpha value is -1.60. The molecule has 7 heteroatoms. The van der Waals surface area contributed by atoms with E-state index in [9.17, 15) is 18.0 Å².